The predicted octanol–water partition coefficient (Wildman–Crippen LogP) is 6.05. The van der Waals surface area contributed by atoms with Gasteiger partial charge in [-0.25, -0.2) is 4.79 Å². The summed E-state index contributed by atoms with van der Waals surface area (Å²) >= 11 is 6.07. The van der Waals surface area contributed by atoms with Gasteiger partial charge in [0.2, 0.25) is 0 Å². The average Bonchev–Trinajstić information content (AvgIpc) is 2.82. The Labute approximate surface area is 205 Å². The number of hydrogen-bond donors (Lipinski definition) is 1. The minimum absolute atomic E-state index is 0.0262. The zero-order chi connectivity index (χ0) is 24.2. The summed E-state index contributed by atoms with van der Waals surface area (Å²) in [5.74, 6) is -0.201. The second-order valence-electron chi connectivity index (χ2n) is 8.68. The molecule has 2 atom stereocenters. The molecule has 2 aliphatic rings. The molecule has 5 nitrogen and oxygen atoms in total. The van der Waals surface area contributed by atoms with Crippen molar-refractivity contribution in [2.75, 3.05) is 13.2 Å². The van der Waals surface area contributed by atoms with Crippen molar-refractivity contribution in [3.8, 4) is 5.75 Å². The van der Waals surface area contributed by atoms with Gasteiger partial charge in [-0.1, -0.05) is 48.9 Å². The Hall–Kier alpha value is -3.05. The number of ketones is 1. The lowest BCUT2D eigenvalue weighted by atomic mass is 9.71. The summed E-state index contributed by atoms with van der Waals surface area (Å²) in [5.41, 5.74) is 4.55. The molecule has 1 N–H and O–H groups in total. The molecule has 0 unspecified atom stereocenters. The van der Waals surface area contributed by atoms with E-state index >= 15 is 0 Å². The van der Waals surface area contributed by atoms with E-state index in [1.165, 1.54) is 0 Å². The number of carbonyl (C=O) groups excluding carboxylic acids is 2. The molecule has 0 radical (unpaired) electrons. The van der Waals surface area contributed by atoms with Crippen LogP contribution in [-0.2, 0) is 14.3 Å². The molecule has 0 saturated carbocycles. The van der Waals surface area contributed by atoms with E-state index in [1.807, 2.05) is 62.4 Å². The molecule has 0 fully saturated rings. The number of allylic oxidation sites excluding steroid dienone is 3. The monoisotopic (exact) mass is 479 g/mol. The van der Waals surface area contributed by atoms with Crippen molar-refractivity contribution in [3.63, 3.8) is 0 Å². The van der Waals surface area contributed by atoms with Gasteiger partial charge in [-0.15, -0.1) is 0 Å². The summed E-state index contributed by atoms with van der Waals surface area (Å²) in [6.45, 7) is 6.51. The van der Waals surface area contributed by atoms with E-state index in [-0.39, 0.29) is 18.3 Å². The van der Waals surface area contributed by atoms with E-state index in [2.05, 4.69) is 5.32 Å². The Morgan fingerprint density at radius 2 is 1.82 bits per heavy atom. The fourth-order valence-corrected chi connectivity index (χ4v) is 4.99. The highest BCUT2D eigenvalue weighted by Gasteiger charge is 2.42. The van der Waals surface area contributed by atoms with E-state index in [0.717, 1.165) is 23.2 Å². The molecule has 2 aromatic carbocycles. The van der Waals surface area contributed by atoms with Gasteiger partial charge in [-0.2, -0.15) is 0 Å². The van der Waals surface area contributed by atoms with Crippen molar-refractivity contribution in [3.05, 3.63) is 87.2 Å². The molecular formula is C28H30ClNO4. The SMILES string of the molecule is CCCOc1ccccc1[C@H]1C(C(=O)OCC)=C(C)NC2=C1C(=O)C[C@H](c1ccc(Cl)cc1)C2. The first-order valence-corrected chi connectivity index (χ1v) is 12.2. The normalized spacial score (nSPS) is 20.1. The zero-order valence-corrected chi connectivity index (χ0v) is 20.6. The maximum Gasteiger partial charge on any atom is 0.336 e. The third-order valence-corrected chi connectivity index (χ3v) is 6.61. The molecule has 1 heterocycles. The predicted molar refractivity (Wildman–Crippen MR) is 133 cm³/mol. The highest BCUT2D eigenvalue weighted by molar-refractivity contribution is 6.30. The second kappa shape index (κ2) is 10.5. The van der Waals surface area contributed by atoms with Gasteiger partial charge in [-0.05, 0) is 56.4 Å². The Morgan fingerprint density at radius 1 is 1.09 bits per heavy atom. The average molecular weight is 480 g/mol. The largest absolute Gasteiger partial charge is 0.493 e. The lowest BCUT2D eigenvalue weighted by Gasteiger charge is -2.37. The van der Waals surface area contributed by atoms with E-state index in [9.17, 15) is 9.59 Å². The van der Waals surface area contributed by atoms with E-state index in [0.29, 0.717) is 47.1 Å². The van der Waals surface area contributed by atoms with Gasteiger partial charge in [0.25, 0.3) is 0 Å². The van der Waals surface area contributed by atoms with Crippen LogP contribution >= 0.6 is 11.6 Å². The third-order valence-electron chi connectivity index (χ3n) is 6.36. The number of benzene rings is 2. The summed E-state index contributed by atoms with van der Waals surface area (Å²) < 4.78 is 11.5. The van der Waals surface area contributed by atoms with Crippen LogP contribution in [0.15, 0.2) is 71.1 Å². The molecule has 6 heteroatoms. The van der Waals surface area contributed by atoms with Crippen molar-refractivity contribution in [2.45, 2.75) is 51.9 Å². The van der Waals surface area contributed by atoms with E-state index in [1.54, 1.807) is 6.92 Å². The van der Waals surface area contributed by atoms with Crippen LogP contribution in [0.25, 0.3) is 0 Å². The summed E-state index contributed by atoms with van der Waals surface area (Å²) in [6.07, 6.45) is 1.90. The minimum Gasteiger partial charge on any atom is -0.493 e. The maximum absolute atomic E-state index is 13.7. The Balaban J connectivity index is 1.81. The molecule has 1 aliphatic carbocycles. The number of para-hydroxylation sites is 1. The highest BCUT2D eigenvalue weighted by atomic mass is 35.5. The molecular weight excluding hydrogens is 450 g/mol. The van der Waals surface area contributed by atoms with Crippen molar-refractivity contribution in [1.82, 2.24) is 5.32 Å². The fourth-order valence-electron chi connectivity index (χ4n) is 4.86. The molecule has 178 valence electrons. The second-order valence-corrected chi connectivity index (χ2v) is 9.11. The highest BCUT2D eigenvalue weighted by Crippen LogP contribution is 2.47. The van der Waals surface area contributed by atoms with E-state index < -0.39 is 11.9 Å². The lowest BCUT2D eigenvalue weighted by molar-refractivity contribution is -0.138. The number of dihydropyridines is 1. The number of Topliss-reactive ketones (excluding diaryl/α,β-unsaturated/α-hetero) is 1. The van der Waals surface area contributed by atoms with Gasteiger partial charge >= 0.3 is 5.97 Å². The van der Waals surface area contributed by atoms with Crippen molar-refractivity contribution >= 4 is 23.4 Å². The molecule has 0 saturated heterocycles. The van der Waals surface area contributed by atoms with Crippen molar-refractivity contribution in [1.29, 1.82) is 0 Å². The van der Waals surface area contributed by atoms with Gasteiger partial charge in [-0.3, -0.25) is 4.79 Å². The van der Waals surface area contributed by atoms with Gasteiger partial charge in [0.15, 0.2) is 5.78 Å². The van der Waals surface area contributed by atoms with Crippen LogP contribution in [0.4, 0.5) is 0 Å². The first kappa shape index (κ1) is 24.1. The molecule has 1 aliphatic heterocycles. The van der Waals surface area contributed by atoms with Gasteiger partial charge in [0, 0.05) is 34.0 Å². The molecule has 0 amide bonds. The van der Waals surface area contributed by atoms with Crippen molar-refractivity contribution in [2.24, 2.45) is 0 Å². The lowest BCUT2D eigenvalue weighted by Crippen LogP contribution is -2.36. The summed E-state index contributed by atoms with van der Waals surface area (Å²) in [6, 6.07) is 15.3. The molecule has 4 rings (SSSR count). The maximum atomic E-state index is 13.7. The summed E-state index contributed by atoms with van der Waals surface area (Å²) in [4.78, 5) is 26.8. The fraction of sp³-hybridized carbons (Fsp3) is 0.357. The quantitative estimate of drug-likeness (QED) is 0.489. The number of halogens is 1. The van der Waals surface area contributed by atoms with Gasteiger partial charge in [0.05, 0.1) is 24.7 Å². The number of ether oxygens (including phenoxy) is 2. The molecule has 0 aromatic heterocycles. The zero-order valence-electron chi connectivity index (χ0n) is 19.8. The van der Waals surface area contributed by atoms with Crippen molar-refractivity contribution < 1.29 is 19.1 Å². The molecule has 2 aromatic rings. The topological polar surface area (TPSA) is 64.6 Å². The molecule has 0 spiro atoms. The van der Waals surface area contributed by atoms with Crippen LogP contribution in [-0.4, -0.2) is 25.0 Å². The summed E-state index contributed by atoms with van der Waals surface area (Å²) in [5, 5.41) is 4.05. The standard InChI is InChI=1S/C28H30ClNO4/c1-4-14-34-24-9-7-6-8-21(24)26-25(28(32)33-5-2)17(3)30-22-15-19(16-23(31)27(22)26)18-10-12-20(29)13-11-18/h6-13,19,26,30H,4-5,14-16H2,1-3H3/t19-,26+/m1/s1. The number of nitrogens with one attached hydrogen (secondary N) is 1. The number of esters is 1. The number of carbonyl (C=O) groups is 2. The minimum atomic E-state index is -0.540. The Kier molecular flexibility index (Phi) is 7.42. The van der Waals surface area contributed by atoms with Crippen LogP contribution in [0.3, 0.4) is 0 Å². The van der Waals surface area contributed by atoms with Crippen LogP contribution in [0.1, 0.15) is 63.0 Å². The van der Waals surface area contributed by atoms with Crippen LogP contribution in [0, 0.1) is 0 Å². The first-order chi connectivity index (χ1) is 16.4. The smallest absolute Gasteiger partial charge is 0.336 e. The van der Waals surface area contributed by atoms with Crippen LogP contribution < -0.4 is 10.1 Å². The number of hydrogen-bond acceptors (Lipinski definition) is 5. The third kappa shape index (κ3) is 4.76. The summed E-state index contributed by atoms with van der Waals surface area (Å²) in [7, 11) is 0. The van der Waals surface area contributed by atoms with Gasteiger partial charge in [0.1, 0.15) is 5.75 Å². The molecule has 0 bridgehead atoms. The Morgan fingerprint density at radius 3 is 2.53 bits per heavy atom. The van der Waals surface area contributed by atoms with Gasteiger partial charge < -0.3 is 14.8 Å². The van der Waals surface area contributed by atoms with Crippen LogP contribution in [0.5, 0.6) is 5.75 Å². The number of rotatable bonds is 7. The first-order valence-electron chi connectivity index (χ1n) is 11.8. The Bertz CT molecular complexity index is 1150. The van der Waals surface area contributed by atoms with E-state index in [4.69, 9.17) is 21.1 Å². The van der Waals surface area contributed by atoms with Crippen LogP contribution in [0.2, 0.25) is 5.02 Å². The molecule has 34 heavy (non-hydrogen) atoms.